The minimum absolute atomic E-state index is 0.142. The van der Waals surface area contributed by atoms with Crippen LogP contribution in [0, 0.1) is 6.92 Å². The van der Waals surface area contributed by atoms with Crippen LogP contribution >= 0.6 is 0 Å². The molecule has 0 spiro atoms. The van der Waals surface area contributed by atoms with E-state index in [2.05, 4.69) is 5.32 Å². The molecule has 0 saturated carbocycles. The number of rotatable bonds is 1. The molecule has 2 atom stereocenters. The van der Waals surface area contributed by atoms with E-state index < -0.39 is 6.04 Å². The molecule has 2 aromatic carbocycles. The van der Waals surface area contributed by atoms with Crippen LogP contribution in [0.3, 0.4) is 0 Å². The van der Waals surface area contributed by atoms with Gasteiger partial charge < -0.3 is 29.0 Å². The Kier molecular flexibility index (Phi) is 6.96. The Balaban J connectivity index is 1.42. The van der Waals surface area contributed by atoms with Crippen molar-refractivity contribution < 1.29 is 28.3 Å². The highest BCUT2D eigenvalue weighted by Crippen LogP contribution is 2.28. The molecule has 4 bridgehead atoms. The molecule has 5 rings (SSSR count). The summed E-state index contributed by atoms with van der Waals surface area (Å²) in [5, 5.41) is 3.00. The predicted octanol–water partition coefficient (Wildman–Crippen LogP) is 3.38. The highest BCUT2D eigenvalue weighted by atomic mass is 16.5. The average molecular weight is 504 g/mol. The first-order valence-electron chi connectivity index (χ1n) is 12.2. The Morgan fingerprint density at radius 3 is 2.76 bits per heavy atom. The molecule has 3 heterocycles. The Morgan fingerprint density at radius 1 is 1.08 bits per heavy atom. The van der Waals surface area contributed by atoms with Crippen LogP contribution in [-0.2, 0) is 16.1 Å². The van der Waals surface area contributed by atoms with Gasteiger partial charge in [0, 0.05) is 25.7 Å². The first-order valence-corrected chi connectivity index (χ1v) is 12.2. The van der Waals surface area contributed by atoms with Crippen LogP contribution in [0.2, 0.25) is 0 Å². The summed E-state index contributed by atoms with van der Waals surface area (Å²) in [6, 6.07) is 15.7. The molecule has 1 fully saturated rings. The molecule has 0 aliphatic carbocycles. The third-order valence-electron chi connectivity index (χ3n) is 6.67. The Bertz CT molecular complexity index is 1310. The summed E-state index contributed by atoms with van der Waals surface area (Å²) < 4.78 is 17.7. The Labute approximate surface area is 214 Å². The summed E-state index contributed by atoms with van der Waals surface area (Å²) in [6.07, 6.45) is 1.67. The number of carbonyl (C=O) groups is 3. The smallest absolute Gasteiger partial charge is 0.289 e. The highest BCUT2D eigenvalue weighted by Gasteiger charge is 2.34. The Hall–Kier alpha value is -4.11. The minimum Gasteiger partial charge on any atom is -0.459 e. The maximum Gasteiger partial charge on any atom is 0.289 e. The van der Waals surface area contributed by atoms with Crippen LogP contribution in [0.15, 0.2) is 65.3 Å². The second-order valence-electron chi connectivity index (χ2n) is 9.43. The largest absolute Gasteiger partial charge is 0.459 e. The lowest BCUT2D eigenvalue weighted by Gasteiger charge is -2.38. The molecule has 3 amide bonds. The van der Waals surface area contributed by atoms with Gasteiger partial charge >= 0.3 is 0 Å². The zero-order chi connectivity index (χ0) is 25.9. The van der Waals surface area contributed by atoms with E-state index in [9.17, 15) is 14.4 Å². The van der Waals surface area contributed by atoms with Gasteiger partial charge in [-0.15, -0.1) is 0 Å². The van der Waals surface area contributed by atoms with Crippen LogP contribution in [0.4, 0.5) is 0 Å². The first-order chi connectivity index (χ1) is 17.9. The van der Waals surface area contributed by atoms with Crippen molar-refractivity contribution in [2.45, 2.75) is 32.1 Å². The quantitative estimate of drug-likeness (QED) is 0.546. The number of nitrogens with one attached hydrogen (secondary N) is 1. The number of piperidine rings is 1. The average Bonchev–Trinajstić information content (AvgIpc) is 3.43. The number of amides is 3. The maximum absolute atomic E-state index is 13.1. The van der Waals surface area contributed by atoms with Crippen LogP contribution < -0.4 is 10.1 Å². The van der Waals surface area contributed by atoms with Crippen LogP contribution in [-0.4, -0.2) is 66.3 Å². The molecule has 2 aliphatic heterocycles. The summed E-state index contributed by atoms with van der Waals surface area (Å²) in [5.74, 6) is 0.586. The van der Waals surface area contributed by atoms with Crippen molar-refractivity contribution in [3.8, 4) is 11.5 Å². The summed E-state index contributed by atoms with van der Waals surface area (Å²) in [6.45, 7) is 2.81. The lowest BCUT2D eigenvalue weighted by molar-refractivity contribution is -0.124. The van der Waals surface area contributed by atoms with Gasteiger partial charge in [-0.05, 0) is 60.9 Å². The van der Waals surface area contributed by atoms with Gasteiger partial charge in [0.25, 0.3) is 11.8 Å². The van der Waals surface area contributed by atoms with E-state index in [-0.39, 0.29) is 42.7 Å². The number of ether oxygens (including phenoxy) is 2. The van der Waals surface area contributed by atoms with Gasteiger partial charge in [-0.25, -0.2) is 0 Å². The van der Waals surface area contributed by atoms with Gasteiger partial charge in [0.05, 0.1) is 31.6 Å². The SMILES string of the molecule is Cc1ccc2cc1Oc1cccc(c1)CO[C@@H]1CCN(C(=O)c3ccco3)C[C@@H]1NC(=O)CN(C)C2=O. The van der Waals surface area contributed by atoms with E-state index in [4.69, 9.17) is 13.9 Å². The molecule has 3 aromatic rings. The number of likely N-dealkylation sites (N-methyl/N-ethyl adjacent to an activating group) is 1. The normalized spacial score (nSPS) is 20.6. The molecule has 9 nitrogen and oxygen atoms in total. The molecular formula is C28H29N3O6. The van der Waals surface area contributed by atoms with Gasteiger partial charge in [0.15, 0.2) is 5.76 Å². The molecule has 1 saturated heterocycles. The van der Waals surface area contributed by atoms with E-state index in [0.29, 0.717) is 36.6 Å². The number of carbonyl (C=O) groups excluding carboxylic acids is 3. The van der Waals surface area contributed by atoms with Crippen LogP contribution in [0.5, 0.6) is 11.5 Å². The molecule has 0 radical (unpaired) electrons. The van der Waals surface area contributed by atoms with Gasteiger partial charge in [0.2, 0.25) is 5.91 Å². The van der Waals surface area contributed by atoms with Gasteiger partial charge in [0.1, 0.15) is 11.5 Å². The zero-order valence-electron chi connectivity index (χ0n) is 20.8. The van der Waals surface area contributed by atoms with Crippen LogP contribution in [0.25, 0.3) is 0 Å². The second kappa shape index (κ2) is 10.5. The third kappa shape index (κ3) is 5.51. The predicted molar refractivity (Wildman–Crippen MR) is 134 cm³/mol. The van der Waals surface area contributed by atoms with Crippen molar-refractivity contribution in [3.63, 3.8) is 0 Å². The molecule has 37 heavy (non-hydrogen) atoms. The van der Waals surface area contributed by atoms with Crippen molar-refractivity contribution in [1.29, 1.82) is 0 Å². The first kappa shape index (κ1) is 24.6. The summed E-state index contributed by atoms with van der Waals surface area (Å²) in [7, 11) is 1.58. The number of aryl methyl sites for hydroxylation is 1. The van der Waals surface area contributed by atoms with E-state index >= 15 is 0 Å². The molecule has 1 N–H and O–H groups in total. The number of fused-ring (bicyclic) bond motifs is 5. The fourth-order valence-corrected chi connectivity index (χ4v) is 4.64. The highest BCUT2D eigenvalue weighted by molar-refractivity contribution is 5.97. The molecular weight excluding hydrogens is 474 g/mol. The maximum atomic E-state index is 13.1. The monoisotopic (exact) mass is 503 g/mol. The van der Waals surface area contributed by atoms with E-state index in [1.54, 1.807) is 36.2 Å². The molecule has 0 unspecified atom stereocenters. The third-order valence-corrected chi connectivity index (χ3v) is 6.67. The van der Waals surface area contributed by atoms with Crippen molar-refractivity contribution in [2.75, 3.05) is 26.7 Å². The number of hydrogen-bond acceptors (Lipinski definition) is 6. The Morgan fingerprint density at radius 2 is 1.95 bits per heavy atom. The van der Waals surface area contributed by atoms with Crippen molar-refractivity contribution in [1.82, 2.24) is 15.1 Å². The zero-order valence-corrected chi connectivity index (χ0v) is 20.8. The van der Waals surface area contributed by atoms with Gasteiger partial charge in [-0.1, -0.05) is 18.2 Å². The van der Waals surface area contributed by atoms with Crippen LogP contribution in [0.1, 0.15) is 38.5 Å². The number of benzene rings is 2. The summed E-state index contributed by atoms with van der Waals surface area (Å²) >= 11 is 0. The van der Waals surface area contributed by atoms with E-state index in [1.807, 2.05) is 37.3 Å². The second-order valence-corrected chi connectivity index (χ2v) is 9.43. The number of hydrogen-bond donors (Lipinski definition) is 1. The molecule has 9 heteroatoms. The number of nitrogens with zero attached hydrogens (tertiary/aromatic N) is 2. The van der Waals surface area contributed by atoms with Crippen molar-refractivity contribution in [2.24, 2.45) is 0 Å². The minimum atomic E-state index is -0.456. The summed E-state index contributed by atoms with van der Waals surface area (Å²) in [4.78, 5) is 42.0. The fourth-order valence-electron chi connectivity index (χ4n) is 4.64. The lowest BCUT2D eigenvalue weighted by atomic mass is 10.0. The van der Waals surface area contributed by atoms with Crippen molar-refractivity contribution >= 4 is 17.7 Å². The summed E-state index contributed by atoms with van der Waals surface area (Å²) in [5.41, 5.74) is 2.22. The lowest BCUT2D eigenvalue weighted by Crippen LogP contribution is -2.58. The fraction of sp³-hybridized carbons (Fsp3) is 0.321. The van der Waals surface area contributed by atoms with Crippen molar-refractivity contribution in [3.05, 3.63) is 83.3 Å². The van der Waals surface area contributed by atoms with Gasteiger partial charge in [-0.2, -0.15) is 0 Å². The molecule has 2 aliphatic rings. The number of likely N-dealkylation sites (tertiary alicyclic amines) is 1. The standard InChI is InChI=1S/C28H29N3O6/c1-18-8-9-20-14-25(18)37-21-6-3-5-19(13-21)17-36-23-10-11-31(28(34)24-7-4-12-35-24)15-22(23)29-26(32)16-30(2)27(20)33/h3-9,12-14,22-23H,10-11,15-17H2,1-2H3,(H,29,32)/t22-,23+/m0/s1. The van der Waals surface area contributed by atoms with E-state index in [0.717, 1.165) is 11.1 Å². The topological polar surface area (TPSA) is 101 Å². The number of furan rings is 1. The molecule has 1 aromatic heterocycles. The van der Waals surface area contributed by atoms with Gasteiger partial charge in [-0.3, -0.25) is 14.4 Å². The van der Waals surface area contributed by atoms with E-state index in [1.165, 1.54) is 11.2 Å². The molecule has 192 valence electrons.